The first-order chi connectivity index (χ1) is 15.2. The minimum absolute atomic E-state index is 0.0162. The Morgan fingerprint density at radius 3 is 2.38 bits per heavy atom. The van der Waals surface area contributed by atoms with E-state index in [4.69, 9.17) is 23.2 Å². The van der Waals surface area contributed by atoms with Crippen molar-refractivity contribution in [3.63, 3.8) is 0 Å². The molecule has 1 fully saturated rings. The van der Waals surface area contributed by atoms with Crippen LogP contribution in [0.15, 0.2) is 42.5 Å². The minimum Gasteiger partial charge on any atom is -0.355 e. The third-order valence-corrected chi connectivity index (χ3v) is 9.11. The van der Waals surface area contributed by atoms with Gasteiger partial charge in [-0.25, -0.2) is 12.7 Å². The molecule has 0 unspecified atom stereocenters. The number of hydrogen-bond acceptors (Lipinski definition) is 4. The van der Waals surface area contributed by atoms with Gasteiger partial charge in [-0.1, -0.05) is 59.1 Å². The van der Waals surface area contributed by atoms with Crippen molar-refractivity contribution in [2.45, 2.75) is 31.3 Å². The summed E-state index contributed by atoms with van der Waals surface area (Å²) in [6.45, 7) is 3.39. The second-order valence-corrected chi connectivity index (χ2v) is 11.9. The van der Waals surface area contributed by atoms with Gasteiger partial charge < -0.3 is 5.32 Å². The zero-order valence-corrected chi connectivity index (χ0v) is 21.2. The average Bonchev–Trinajstić information content (AvgIpc) is 2.77. The predicted molar refractivity (Wildman–Crippen MR) is 134 cm³/mol. The van der Waals surface area contributed by atoms with Crippen molar-refractivity contribution in [3.05, 3.63) is 69.2 Å². The lowest BCUT2D eigenvalue weighted by molar-refractivity contribution is -0.125. The molecule has 1 aliphatic heterocycles. The largest absolute Gasteiger partial charge is 0.355 e. The number of rotatable bonds is 9. The molecule has 3 rings (SSSR count). The maximum absolute atomic E-state index is 12.8. The number of piperidine rings is 1. The Kier molecular flexibility index (Phi) is 9.32. The van der Waals surface area contributed by atoms with Crippen LogP contribution in [0.1, 0.15) is 29.5 Å². The number of amides is 1. The van der Waals surface area contributed by atoms with E-state index in [1.807, 2.05) is 0 Å². The third-order valence-electron chi connectivity index (χ3n) is 5.49. The first-order valence-corrected chi connectivity index (χ1v) is 14.1. The molecule has 0 aliphatic carbocycles. The van der Waals surface area contributed by atoms with Crippen molar-refractivity contribution in [2.75, 3.05) is 25.4 Å². The Morgan fingerprint density at radius 1 is 1.06 bits per heavy atom. The molecule has 1 saturated heterocycles. The van der Waals surface area contributed by atoms with Gasteiger partial charge in [-0.2, -0.15) is 11.8 Å². The number of nitrogens with zero attached hydrogens (tertiary/aromatic N) is 1. The number of sulfonamides is 1. The molecule has 1 heterocycles. The van der Waals surface area contributed by atoms with Crippen molar-refractivity contribution in [2.24, 2.45) is 5.92 Å². The van der Waals surface area contributed by atoms with E-state index < -0.39 is 10.0 Å². The molecule has 2 aromatic carbocycles. The number of hydrogen-bond donors (Lipinski definition) is 1. The van der Waals surface area contributed by atoms with Crippen LogP contribution in [-0.2, 0) is 26.3 Å². The monoisotopic (exact) mass is 514 g/mol. The zero-order valence-electron chi connectivity index (χ0n) is 18.0. The molecule has 0 aromatic heterocycles. The molecule has 0 spiro atoms. The fourth-order valence-electron chi connectivity index (χ4n) is 3.59. The maximum atomic E-state index is 12.8. The topological polar surface area (TPSA) is 66.5 Å². The van der Waals surface area contributed by atoms with E-state index in [0.717, 1.165) is 11.5 Å². The summed E-state index contributed by atoms with van der Waals surface area (Å²) in [5, 5.41) is 3.73. The van der Waals surface area contributed by atoms with Crippen LogP contribution >= 0.6 is 35.0 Å². The van der Waals surface area contributed by atoms with E-state index in [-0.39, 0.29) is 17.6 Å². The number of benzene rings is 2. The van der Waals surface area contributed by atoms with Gasteiger partial charge in [0, 0.05) is 37.1 Å². The van der Waals surface area contributed by atoms with Gasteiger partial charge >= 0.3 is 0 Å². The Hall–Kier alpha value is -1.25. The van der Waals surface area contributed by atoms with E-state index in [1.54, 1.807) is 30.0 Å². The molecule has 2 aromatic rings. The summed E-state index contributed by atoms with van der Waals surface area (Å²) in [5.74, 6) is 1.51. The van der Waals surface area contributed by atoms with Crippen molar-refractivity contribution in [1.82, 2.24) is 9.62 Å². The van der Waals surface area contributed by atoms with Gasteiger partial charge in [0.15, 0.2) is 0 Å². The van der Waals surface area contributed by atoms with Crippen LogP contribution in [0.3, 0.4) is 0 Å². The van der Waals surface area contributed by atoms with Crippen LogP contribution in [0.25, 0.3) is 0 Å². The smallest absolute Gasteiger partial charge is 0.223 e. The Labute approximate surface area is 204 Å². The molecular formula is C23H28Cl2N2O3S2. The van der Waals surface area contributed by atoms with Crippen molar-refractivity contribution < 1.29 is 13.2 Å². The number of carbonyl (C=O) groups is 1. The minimum atomic E-state index is -3.47. The van der Waals surface area contributed by atoms with Crippen LogP contribution in [0.5, 0.6) is 0 Å². The van der Waals surface area contributed by atoms with E-state index >= 15 is 0 Å². The van der Waals surface area contributed by atoms with Crippen LogP contribution in [-0.4, -0.2) is 44.0 Å². The molecule has 0 bridgehead atoms. The molecule has 0 saturated carbocycles. The molecule has 1 aliphatic rings. The Balaban J connectivity index is 1.38. The normalized spacial score (nSPS) is 15.6. The average molecular weight is 516 g/mol. The molecule has 5 nitrogen and oxygen atoms in total. The second kappa shape index (κ2) is 11.7. The fraction of sp³-hybridized carbons (Fsp3) is 0.435. The van der Waals surface area contributed by atoms with Crippen molar-refractivity contribution in [3.8, 4) is 0 Å². The van der Waals surface area contributed by atoms with Gasteiger partial charge in [0.25, 0.3) is 0 Å². The third kappa shape index (κ3) is 7.39. The van der Waals surface area contributed by atoms with Gasteiger partial charge in [-0.05, 0) is 43.0 Å². The maximum Gasteiger partial charge on any atom is 0.223 e. The molecule has 1 amide bonds. The number of carbonyl (C=O) groups excluding carboxylic acids is 1. The standard InChI is InChI=1S/C23H28Cl2N2O3S2/c1-17-2-4-18(5-3-17)15-31-13-10-26-23(28)20-8-11-27(12-9-20)32(29,30)16-19-6-7-21(24)22(25)14-19/h2-7,14,20H,8-13,15-16H2,1H3,(H,26,28). The molecular weight excluding hydrogens is 487 g/mol. The summed E-state index contributed by atoms with van der Waals surface area (Å²) in [6.07, 6.45) is 1.06. The lowest BCUT2D eigenvalue weighted by Gasteiger charge is -2.30. The van der Waals surface area contributed by atoms with Crippen molar-refractivity contribution in [1.29, 1.82) is 0 Å². The second-order valence-electron chi connectivity index (χ2n) is 8.01. The highest BCUT2D eigenvalue weighted by molar-refractivity contribution is 7.98. The lowest BCUT2D eigenvalue weighted by atomic mass is 9.97. The quantitative estimate of drug-likeness (QED) is 0.483. The van der Waals surface area contributed by atoms with Gasteiger partial charge in [0.2, 0.25) is 15.9 Å². The highest BCUT2D eigenvalue weighted by Gasteiger charge is 2.31. The summed E-state index contributed by atoms with van der Waals surface area (Å²) in [5.41, 5.74) is 3.13. The lowest BCUT2D eigenvalue weighted by Crippen LogP contribution is -2.43. The summed E-state index contributed by atoms with van der Waals surface area (Å²) in [4.78, 5) is 12.5. The highest BCUT2D eigenvalue weighted by atomic mass is 35.5. The molecule has 174 valence electrons. The van der Waals surface area contributed by atoms with E-state index in [2.05, 4.69) is 36.5 Å². The van der Waals surface area contributed by atoms with Gasteiger partial charge in [-0.15, -0.1) is 0 Å². The Morgan fingerprint density at radius 2 is 1.72 bits per heavy atom. The van der Waals surface area contributed by atoms with Gasteiger partial charge in [0.1, 0.15) is 0 Å². The van der Waals surface area contributed by atoms with E-state index in [0.29, 0.717) is 48.1 Å². The van der Waals surface area contributed by atoms with Gasteiger partial charge in [0.05, 0.1) is 15.8 Å². The van der Waals surface area contributed by atoms with Crippen LogP contribution < -0.4 is 5.32 Å². The predicted octanol–water partition coefficient (Wildman–Crippen LogP) is 4.89. The summed E-state index contributed by atoms with van der Waals surface area (Å²) in [6, 6.07) is 13.3. The van der Waals surface area contributed by atoms with E-state index in [9.17, 15) is 13.2 Å². The summed E-state index contributed by atoms with van der Waals surface area (Å²) >= 11 is 13.7. The Bertz CT molecular complexity index is 1020. The molecule has 1 N–H and O–H groups in total. The first-order valence-electron chi connectivity index (χ1n) is 10.6. The molecule has 32 heavy (non-hydrogen) atoms. The highest BCUT2D eigenvalue weighted by Crippen LogP contribution is 2.26. The van der Waals surface area contributed by atoms with Crippen molar-refractivity contribution >= 4 is 50.9 Å². The number of thioether (sulfide) groups is 1. The summed E-state index contributed by atoms with van der Waals surface area (Å²) < 4.78 is 27.0. The zero-order chi connectivity index (χ0) is 23.1. The molecule has 9 heteroatoms. The van der Waals surface area contributed by atoms with E-state index in [1.165, 1.54) is 15.4 Å². The molecule has 0 radical (unpaired) electrons. The van der Waals surface area contributed by atoms with Crippen LogP contribution in [0, 0.1) is 12.8 Å². The summed E-state index contributed by atoms with van der Waals surface area (Å²) in [7, 11) is -3.47. The van der Waals surface area contributed by atoms with Crippen LogP contribution in [0.2, 0.25) is 10.0 Å². The molecule has 0 atom stereocenters. The number of aryl methyl sites for hydroxylation is 1. The van der Waals surface area contributed by atoms with Gasteiger partial charge in [-0.3, -0.25) is 4.79 Å². The number of halogens is 2. The number of nitrogens with one attached hydrogen (secondary N) is 1. The first kappa shape index (κ1) is 25.4. The van der Waals surface area contributed by atoms with Crippen LogP contribution in [0.4, 0.5) is 0 Å². The SMILES string of the molecule is Cc1ccc(CSCCNC(=O)C2CCN(S(=O)(=O)Cc3ccc(Cl)c(Cl)c3)CC2)cc1. The fourth-order valence-corrected chi connectivity index (χ4v) is 6.28.